The molecule has 0 aliphatic heterocycles. The number of para-hydroxylation sites is 1. The number of oxazole rings is 1. The Morgan fingerprint density at radius 1 is 1.29 bits per heavy atom. The fourth-order valence-corrected chi connectivity index (χ4v) is 3.42. The van der Waals surface area contributed by atoms with E-state index < -0.39 is 0 Å². The zero-order valence-corrected chi connectivity index (χ0v) is 14.9. The molecule has 1 aliphatic carbocycles. The minimum Gasteiger partial charge on any atom is -0.490 e. The van der Waals surface area contributed by atoms with Crippen LogP contribution in [0.3, 0.4) is 0 Å². The number of aromatic nitrogens is 1. The van der Waals surface area contributed by atoms with E-state index in [-0.39, 0.29) is 23.5 Å². The van der Waals surface area contributed by atoms with Crippen LogP contribution in [0, 0.1) is 19.3 Å². The third-order valence-corrected chi connectivity index (χ3v) is 5.03. The zero-order valence-electron chi connectivity index (χ0n) is 14.9. The Kier molecular flexibility index (Phi) is 4.11. The van der Waals surface area contributed by atoms with Crippen molar-refractivity contribution in [1.82, 2.24) is 9.88 Å². The first-order valence-electron chi connectivity index (χ1n) is 8.23. The van der Waals surface area contributed by atoms with E-state index in [4.69, 9.17) is 9.15 Å². The molecule has 0 unspecified atom stereocenters. The van der Waals surface area contributed by atoms with Crippen molar-refractivity contribution < 1.29 is 13.9 Å². The number of ether oxygens (including phenoxy) is 1. The van der Waals surface area contributed by atoms with Crippen LogP contribution < -0.4 is 4.74 Å². The van der Waals surface area contributed by atoms with Crippen LogP contribution >= 0.6 is 0 Å². The molecule has 2 aromatic rings. The molecular weight excluding hydrogens is 304 g/mol. The van der Waals surface area contributed by atoms with Crippen LogP contribution in [0.5, 0.6) is 5.75 Å². The molecule has 0 radical (unpaired) electrons. The van der Waals surface area contributed by atoms with Crippen LogP contribution in [-0.2, 0) is 0 Å². The summed E-state index contributed by atoms with van der Waals surface area (Å²) < 4.78 is 11.6. The number of nitrogens with zero attached hydrogens (tertiary/aromatic N) is 2. The first-order chi connectivity index (χ1) is 11.3. The minimum atomic E-state index is -0.136. The van der Waals surface area contributed by atoms with Crippen LogP contribution in [0.15, 0.2) is 34.7 Å². The van der Waals surface area contributed by atoms with Crippen LogP contribution in [0.2, 0.25) is 0 Å². The molecule has 2 atom stereocenters. The Labute approximate surface area is 142 Å². The largest absolute Gasteiger partial charge is 0.490 e. The van der Waals surface area contributed by atoms with Crippen molar-refractivity contribution in [1.29, 1.82) is 0 Å². The second-order valence-corrected chi connectivity index (χ2v) is 7.06. The molecule has 1 aliphatic rings. The van der Waals surface area contributed by atoms with Crippen molar-refractivity contribution in [3.8, 4) is 5.75 Å². The van der Waals surface area contributed by atoms with E-state index in [1.165, 1.54) is 0 Å². The summed E-state index contributed by atoms with van der Waals surface area (Å²) in [5.74, 6) is 1.59. The molecule has 24 heavy (non-hydrogen) atoms. The van der Waals surface area contributed by atoms with Gasteiger partial charge in [-0.15, -0.1) is 0 Å². The maximum Gasteiger partial charge on any atom is 0.291 e. The van der Waals surface area contributed by atoms with Gasteiger partial charge < -0.3 is 14.1 Å². The highest BCUT2D eigenvalue weighted by Gasteiger charge is 2.53. The summed E-state index contributed by atoms with van der Waals surface area (Å²) in [6, 6.07) is 9.91. The first-order valence-corrected chi connectivity index (χ1v) is 8.23. The Hall–Kier alpha value is -2.30. The summed E-state index contributed by atoms with van der Waals surface area (Å²) in [5.41, 5.74) is 0.502. The van der Waals surface area contributed by atoms with Gasteiger partial charge >= 0.3 is 0 Å². The van der Waals surface area contributed by atoms with Gasteiger partial charge in [-0.3, -0.25) is 4.79 Å². The molecule has 3 rings (SSSR count). The van der Waals surface area contributed by atoms with Crippen LogP contribution in [0.25, 0.3) is 0 Å². The zero-order chi connectivity index (χ0) is 17.5. The molecule has 1 saturated carbocycles. The van der Waals surface area contributed by atoms with E-state index in [1.54, 1.807) is 18.7 Å². The lowest BCUT2D eigenvalue weighted by Gasteiger charge is -2.54. The minimum absolute atomic E-state index is 0.0812. The predicted molar refractivity (Wildman–Crippen MR) is 91.1 cm³/mol. The van der Waals surface area contributed by atoms with Crippen LogP contribution in [0.4, 0.5) is 0 Å². The highest BCUT2D eigenvalue weighted by molar-refractivity contribution is 5.92. The Bertz CT molecular complexity index is 736. The topological polar surface area (TPSA) is 55.6 Å². The average molecular weight is 328 g/mol. The van der Waals surface area contributed by atoms with E-state index in [0.29, 0.717) is 17.3 Å². The SMILES string of the molecule is Cc1nc(C)c(C(=O)N(C)[C@@H]2C[C@H](Oc3ccccc3)C2(C)C)o1. The number of aryl methyl sites for hydroxylation is 2. The van der Waals surface area contributed by atoms with Gasteiger partial charge in [0.05, 0.1) is 5.69 Å². The number of hydrogen-bond acceptors (Lipinski definition) is 4. The molecule has 1 heterocycles. The summed E-state index contributed by atoms with van der Waals surface area (Å²) in [6.07, 6.45) is 0.883. The maximum absolute atomic E-state index is 12.7. The molecule has 1 fully saturated rings. The normalized spacial score (nSPS) is 21.9. The predicted octanol–water partition coefficient (Wildman–Crippen LogP) is 3.61. The summed E-state index contributed by atoms with van der Waals surface area (Å²) in [5, 5.41) is 0. The Morgan fingerprint density at radius 3 is 2.50 bits per heavy atom. The lowest BCUT2D eigenvalue weighted by molar-refractivity contribution is -0.0891. The van der Waals surface area contributed by atoms with E-state index >= 15 is 0 Å². The van der Waals surface area contributed by atoms with Gasteiger partial charge in [0.1, 0.15) is 11.9 Å². The number of hydrogen-bond donors (Lipinski definition) is 0. The first kappa shape index (κ1) is 16.6. The molecular formula is C19H24N2O3. The summed E-state index contributed by atoms with van der Waals surface area (Å²) >= 11 is 0. The molecule has 0 bridgehead atoms. The Balaban J connectivity index is 1.70. The summed E-state index contributed by atoms with van der Waals surface area (Å²) in [6.45, 7) is 7.82. The Morgan fingerprint density at radius 2 is 1.96 bits per heavy atom. The van der Waals surface area contributed by atoms with Gasteiger partial charge in [-0.2, -0.15) is 0 Å². The fraction of sp³-hybridized carbons (Fsp3) is 0.474. The van der Waals surface area contributed by atoms with Crippen LogP contribution in [-0.4, -0.2) is 35.0 Å². The highest BCUT2D eigenvalue weighted by Crippen LogP contribution is 2.46. The highest BCUT2D eigenvalue weighted by atomic mass is 16.5. The van der Waals surface area contributed by atoms with Gasteiger partial charge in [0.2, 0.25) is 5.76 Å². The standard InChI is InChI=1S/C19H24N2O3/c1-12-17(23-13(2)20-12)18(22)21(5)15-11-16(19(15,3)4)24-14-9-7-6-8-10-14/h6-10,15-16H,11H2,1-5H3/t15-,16+/m1/s1. The molecule has 1 aromatic carbocycles. The quantitative estimate of drug-likeness (QED) is 0.860. The van der Waals surface area contributed by atoms with Gasteiger partial charge in [0.15, 0.2) is 5.89 Å². The maximum atomic E-state index is 12.7. The number of amides is 1. The monoisotopic (exact) mass is 328 g/mol. The van der Waals surface area contributed by atoms with E-state index in [2.05, 4.69) is 18.8 Å². The smallest absolute Gasteiger partial charge is 0.291 e. The summed E-state index contributed by atoms with van der Waals surface area (Å²) in [7, 11) is 1.82. The number of carbonyl (C=O) groups is 1. The fourth-order valence-electron chi connectivity index (χ4n) is 3.42. The van der Waals surface area contributed by atoms with E-state index in [0.717, 1.165) is 12.2 Å². The van der Waals surface area contributed by atoms with Crippen molar-refractivity contribution in [2.45, 2.75) is 46.3 Å². The molecule has 0 spiro atoms. The molecule has 0 saturated heterocycles. The lowest BCUT2D eigenvalue weighted by atomic mass is 9.63. The van der Waals surface area contributed by atoms with Crippen LogP contribution in [0.1, 0.15) is 42.4 Å². The number of rotatable bonds is 4. The van der Waals surface area contributed by atoms with Crippen molar-refractivity contribution in [2.24, 2.45) is 5.41 Å². The lowest BCUT2D eigenvalue weighted by Crippen LogP contribution is -2.63. The number of carbonyl (C=O) groups excluding carboxylic acids is 1. The van der Waals surface area contributed by atoms with Gasteiger partial charge in [-0.05, 0) is 19.1 Å². The number of benzene rings is 1. The second-order valence-electron chi connectivity index (χ2n) is 7.06. The van der Waals surface area contributed by atoms with Crippen molar-refractivity contribution >= 4 is 5.91 Å². The van der Waals surface area contributed by atoms with E-state index in [9.17, 15) is 4.79 Å². The van der Waals surface area contributed by atoms with Gasteiger partial charge in [-0.1, -0.05) is 32.0 Å². The third-order valence-electron chi connectivity index (χ3n) is 5.03. The molecule has 1 amide bonds. The van der Waals surface area contributed by atoms with E-state index in [1.807, 2.05) is 37.4 Å². The molecule has 5 heteroatoms. The van der Waals surface area contributed by atoms with Gasteiger partial charge in [0.25, 0.3) is 5.91 Å². The third kappa shape index (κ3) is 2.79. The molecule has 0 N–H and O–H groups in total. The summed E-state index contributed by atoms with van der Waals surface area (Å²) in [4.78, 5) is 18.7. The van der Waals surface area contributed by atoms with Crippen molar-refractivity contribution in [3.05, 3.63) is 47.7 Å². The van der Waals surface area contributed by atoms with Gasteiger partial charge in [-0.25, -0.2) is 4.98 Å². The molecule has 128 valence electrons. The molecule has 5 nitrogen and oxygen atoms in total. The molecule has 1 aromatic heterocycles. The van der Waals surface area contributed by atoms with Crippen molar-refractivity contribution in [2.75, 3.05) is 7.05 Å². The second kappa shape index (κ2) is 5.96. The van der Waals surface area contributed by atoms with Crippen molar-refractivity contribution in [3.63, 3.8) is 0 Å². The average Bonchev–Trinajstić information content (AvgIpc) is 2.89. The van der Waals surface area contributed by atoms with Gasteiger partial charge in [0, 0.05) is 31.8 Å².